The Morgan fingerprint density at radius 3 is 2.75 bits per heavy atom. The van der Waals surface area contributed by atoms with Gasteiger partial charge in [0.15, 0.2) is 5.82 Å². The highest BCUT2D eigenvalue weighted by molar-refractivity contribution is 5.81. The van der Waals surface area contributed by atoms with Gasteiger partial charge in [0, 0.05) is 13.5 Å². The predicted octanol–water partition coefficient (Wildman–Crippen LogP) is 0.281. The molecule has 0 aliphatic heterocycles. The van der Waals surface area contributed by atoms with E-state index in [0.29, 0.717) is 12.2 Å². The zero-order chi connectivity index (χ0) is 11.6. The average molecular weight is 224 g/mol. The van der Waals surface area contributed by atoms with Crippen LogP contribution in [0.1, 0.15) is 31.5 Å². The highest BCUT2D eigenvalue weighted by Gasteiger charge is 2.38. The molecule has 16 heavy (non-hydrogen) atoms. The predicted molar refractivity (Wildman–Crippen MR) is 55.7 cm³/mol. The standard InChI is InChI=1S/C10H16N4O2/c1-14-12-9(11-13-14)6-8(15)7-10(16-2)4-3-5-10/h3-7H2,1-2H3. The largest absolute Gasteiger partial charge is 0.378 e. The van der Waals surface area contributed by atoms with Crippen LogP contribution in [0.25, 0.3) is 0 Å². The summed E-state index contributed by atoms with van der Waals surface area (Å²) in [6.07, 6.45) is 3.80. The topological polar surface area (TPSA) is 69.9 Å². The second kappa shape index (κ2) is 4.29. The first-order chi connectivity index (χ1) is 7.63. The fourth-order valence-electron chi connectivity index (χ4n) is 2.02. The maximum atomic E-state index is 11.8. The van der Waals surface area contributed by atoms with Gasteiger partial charge in [-0.2, -0.15) is 4.80 Å². The Bertz CT molecular complexity index is 378. The average Bonchev–Trinajstić information content (AvgIpc) is 2.57. The number of Topliss-reactive ketones (excluding diaryl/α,β-unsaturated/α-hetero) is 1. The van der Waals surface area contributed by atoms with Crippen LogP contribution in [0.5, 0.6) is 0 Å². The van der Waals surface area contributed by atoms with Crippen LogP contribution in [0, 0.1) is 0 Å². The molecular formula is C10H16N4O2. The molecule has 6 heteroatoms. The number of rotatable bonds is 5. The monoisotopic (exact) mass is 224 g/mol. The van der Waals surface area contributed by atoms with Gasteiger partial charge in [-0.05, 0) is 24.5 Å². The summed E-state index contributed by atoms with van der Waals surface area (Å²) in [6, 6.07) is 0. The van der Waals surface area contributed by atoms with Gasteiger partial charge in [-0.3, -0.25) is 4.79 Å². The lowest BCUT2D eigenvalue weighted by Crippen LogP contribution is -2.41. The lowest BCUT2D eigenvalue weighted by Gasteiger charge is -2.39. The zero-order valence-corrected chi connectivity index (χ0v) is 9.64. The molecule has 88 valence electrons. The Morgan fingerprint density at radius 1 is 1.56 bits per heavy atom. The molecule has 1 fully saturated rings. The first-order valence-corrected chi connectivity index (χ1v) is 5.43. The molecule has 0 N–H and O–H groups in total. The van der Waals surface area contributed by atoms with E-state index in [1.165, 1.54) is 4.80 Å². The maximum absolute atomic E-state index is 11.8. The van der Waals surface area contributed by atoms with Crippen molar-refractivity contribution < 1.29 is 9.53 Å². The van der Waals surface area contributed by atoms with E-state index in [0.717, 1.165) is 19.3 Å². The minimum atomic E-state index is -0.209. The van der Waals surface area contributed by atoms with Crippen molar-refractivity contribution in [1.29, 1.82) is 0 Å². The molecule has 0 amide bonds. The van der Waals surface area contributed by atoms with Crippen molar-refractivity contribution in [2.24, 2.45) is 7.05 Å². The molecule has 1 aromatic rings. The molecule has 1 aliphatic rings. The molecule has 0 aromatic carbocycles. The van der Waals surface area contributed by atoms with E-state index in [1.807, 2.05) is 0 Å². The highest BCUT2D eigenvalue weighted by atomic mass is 16.5. The lowest BCUT2D eigenvalue weighted by atomic mass is 9.76. The number of nitrogens with zero attached hydrogens (tertiary/aromatic N) is 4. The molecule has 0 spiro atoms. The van der Waals surface area contributed by atoms with Crippen LogP contribution in [-0.4, -0.2) is 38.7 Å². The van der Waals surface area contributed by atoms with E-state index < -0.39 is 0 Å². The zero-order valence-electron chi connectivity index (χ0n) is 9.64. The number of methoxy groups -OCH3 is 1. The van der Waals surface area contributed by atoms with Crippen LogP contribution >= 0.6 is 0 Å². The number of tetrazole rings is 1. The Hall–Kier alpha value is -1.30. The normalized spacial score (nSPS) is 18.1. The van der Waals surface area contributed by atoms with Crippen molar-refractivity contribution in [2.45, 2.75) is 37.7 Å². The highest BCUT2D eigenvalue weighted by Crippen LogP contribution is 2.38. The molecule has 0 atom stereocenters. The molecule has 1 aromatic heterocycles. The third kappa shape index (κ3) is 2.27. The van der Waals surface area contributed by atoms with Gasteiger partial charge < -0.3 is 4.74 Å². The van der Waals surface area contributed by atoms with Gasteiger partial charge in [-0.25, -0.2) is 0 Å². The molecule has 1 saturated carbocycles. The quantitative estimate of drug-likeness (QED) is 0.718. The Morgan fingerprint density at radius 2 is 2.31 bits per heavy atom. The fraction of sp³-hybridized carbons (Fsp3) is 0.800. The summed E-state index contributed by atoms with van der Waals surface area (Å²) in [4.78, 5) is 13.2. The summed E-state index contributed by atoms with van der Waals surface area (Å²) >= 11 is 0. The smallest absolute Gasteiger partial charge is 0.182 e. The molecule has 2 rings (SSSR count). The molecule has 6 nitrogen and oxygen atoms in total. The Kier molecular flexibility index (Phi) is 3.00. The van der Waals surface area contributed by atoms with Crippen molar-refractivity contribution in [1.82, 2.24) is 20.2 Å². The van der Waals surface area contributed by atoms with E-state index in [4.69, 9.17) is 4.74 Å². The molecule has 0 saturated heterocycles. The van der Waals surface area contributed by atoms with Gasteiger partial charge in [0.2, 0.25) is 0 Å². The van der Waals surface area contributed by atoms with E-state index in [1.54, 1.807) is 14.2 Å². The summed E-state index contributed by atoms with van der Waals surface area (Å²) < 4.78 is 5.40. The number of hydrogen-bond donors (Lipinski definition) is 0. The first kappa shape index (κ1) is 11.2. The van der Waals surface area contributed by atoms with Crippen LogP contribution in [0.4, 0.5) is 0 Å². The van der Waals surface area contributed by atoms with Gasteiger partial charge in [-0.1, -0.05) is 0 Å². The molecule has 1 heterocycles. The third-order valence-electron chi connectivity index (χ3n) is 3.12. The maximum Gasteiger partial charge on any atom is 0.182 e. The molecule has 1 aliphatic carbocycles. The van der Waals surface area contributed by atoms with E-state index >= 15 is 0 Å². The Labute approximate surface area is 94.0 Å². The molecular weight excluding hydrogens is 208 g/mol. The lowest BCUT2D eigenvalue weighted by molar-refractivity contribution is -0.131. The summed E-state index contributed by atoms with van der Waals surface area (Å²) in [5.41, 5.74) is -0.209. The van der Waals surface area contributed by atoms with Crippen molar-refractivity contribution in [2.75, 3.05) is 7.11 Å². The van der Waals surface area contributed by atoms with Crippen molar-refractivity contribution in [3.8, 4) is 0 Å². The summed E-state index contributed by atoms with van der Waals surface area (Å²) in [5, 5.41) is 11.5. The Balaban J connectivity index is 1.89. The van der Waals surface area contributed by atoms with Gasteiger partial charge in [-0.15, -0.1) is 10.2 Å². The van der Waals surface area contributed by atoms with Crippen LogP contribution in [0.3, 0.4) is 0 Å². The van der Waals surface area contributed by atoms with Gasteiger partial charge in [0.05, 0.1) is 19.1 Å². The molecule has 0 unspecified atom stereocenters. The third-order valence-corrected chi connectivity index (χ3v) is 3.12. The fourth-order valence-corrected chi connectivity index (χ4v) is 2.02. The number of aryl methyl sites for hydroxylation is 1. The second-order valence-corrected chi connectivity index (χ2v) is 4.33. The number of carbonyl (C=O) groups is 1. The summed E-state index contributed by atoms with van der Waals surface area (Å²) in [5.74, 6) is 0.604. The minimum Gasteiger partial charge on any atom is -0.378 e. The van der Waals surface area contributed by atoms with Crippen molar-refractivity contribution >= 4 is 5.78 Å². The second-order valence-electron chi connectivity index (χ2n) is 4.33. The van der Waals surface area contributed by atoms with Gasteiger partial charge in [0.1, 0.15) is 5.78 Å². The number of carbonyl (C=O) groups excluding carboxylic acids is 1. The first-order valence-electron chi connectivity index (χ1n) is 5.43. The number of ketones is 1. The van der Waals surface area contributed by atoms with Gasteiger partial charge >= 0.3 is 0 Å². The number of hydrogen-bond acceptors (Lipinski definition) is 5. The van der Waals surface area contributed by atoms with E-state index in [-0.39, 0.29) is 17.8 Å². The van der Waals surface area contributed by atoms with Crippen LogP contribution < -0.4 is 0 Å². The molecule has 0 bridgehead atoms. The summed E-state index contributed by atoms with van der Waals surface area (Å²) in [7, 11) is 3.36. The number of aromatic nitrogens is 4. The van der Waals surface area contributed by atoms with Crippen LogP contribution in [-0.2, 0) is 23.0 Å². The van der Waals surface area contributed by atoms with E-state index in [9.17, 15) is 4.79 Å². The van der Waals surface area contributed by atoms with Crippen molar-refractivity contribution in [3.05, 3.63) is 5.82 Å². The van der Waals surface area contributed by atoms with E-state index in [2.05, 4.69) is 15.4 Å². The van der Waals surface area contributed by atoms with Crippen LogP contribution in [0.15, 0.2) is 0 Å². The number of ether oxygens (including phenoxy) is 1. The van der Waals surface area contributed by atoms with Gasteiger partial charge in [0.25, 0.3) is 0 Å². The SMILES string of the molecule is COC1(CC(=O)Cc2nnn(C)n2)CCC1. The molecule has 0 radical (unpaired) electrons. The van der Waals surface area contributed by atoms with Crippen LogP contribution in [0.2, 0.25) is 0 Å². The minimum absolute atomic E-state index is 0.120. The van der Waals surface area contributed by atoms with Crippen molar-refractivity contribution in [3.63, 3.8) is 0 Å². The summed E-state index contributed by atoms with van der Waals surface area (Å²) in [6.45, 7) is 0.